The molecule has 5 heteroatoms. The van der Waals surface area contributed by atoms with Crippen molar-refractivity contribution in [1.82, 2.24) is 4.90 Å². The molecule has 0 radical (unpaired) electrons. The SMILES string of the molecule is Cc1ccc(OCC(O)CN2CCN(c3cc(Cl)ccc3C)CC2)c(C(C)(C)C)c1. The number of aliphatic hydroxyl groups is 1. The van der Waals surface area contributed by atoms with Gasteiger partial charge in [-0.1, -0.05) is 56.1 Å². The van der Waals surface area contributed by atoms with Gasteiger partial charge in [0.2, 0.25) is 0 Å². The quantitative estimate of drug-likeness (QED) is 0.712. The summed E-state index contributed by atoms with van der Waals surface area (Å²) in [6.07, 6.45) is -0.515. The summed E-state index contributed by atoms with van der Waals surface area (Å²) < 4.78 is 6.04. The molecule has 30 heavy (non-hydrogen) atoms. The highest BCUT2D eigenvalue weighted by Crippen LogP contribution is 2.32. The number of piperazine rings is 1. The van der Waals surface area contributed by atoms with Gasteiger partial charge in [-0.25, -0.2) is 0 Å². The van der Waals surface area contributed by atoms with Gasteiger partial charge in [-0.3, -0.25) is 4.90 Å². The molecule has 1 unspecified atom stereocenters. The summed E-state index contributed by atoms with van der Waals surface area (Å²) in [5.74, 6) is 0.869. The summed E-state index contributed by atoms with van der Waals surface area (Å²) in [6.45, 7) is 15.4. The van der Waals surface area contributed by atoms with Gasteiger partial charge in [0.25, 0.3) is 0 Å². The molecule has 1 fully saturated rings. The molecule has 2 aromatic rings. The summed E-state index contributed by atoms with van der Waals surface area (Å²) in [7, 11) is 0. The standard InChI is InChI=1S/C25H35ClN2O2/c1-18-6-9-24(22(14-18)25(3,4)5)30-17-21(29)16-27-10-12-28(13-11-27)23-15-20(26)8-7-19(23)2/h6-9,14-15,21,29H,10-13,16-17H2,1-5H3. The van der Waals surface area contributed by atoms with Crippen LogP contribution in [-0.2, 0) is 5.41 Å². The maximum atomic E-state index is 10.6. The predicted octanol–water partition coefficient (Wildman–Crippen LogP) is 4.82. The number of rotatable bonds is 6. The third kappa shape index (κ3) is 5.90. The molecule has 164 valence electrons. The highest BCUT2D eigenvalue weighted by molar-refractivity contribution is 6.30. The molecule has 0 saturated carbocycles. The summed E-state index contributed by atoms with van der Waals surface area (Å²) >= 11 is 6.18. The van der Waals surface area contributed by atoms with Crippen LogP contribution in [0.15, 0.2) is 36.4 Å². The Bertz CT molecular complexity index is 855. The maximum Gasteiger partial charge on any atom is 0.123 e. The summed E-state index contributed by atoms with van der Waals surface area (Å²) in [5, 5.41) is 11.4. The van der Waals surface area contributed by atoms with E-state index in [-0.39, 0.29) is 5.41 Å². The largest absolute Gasteiger partial charge is 0.491 e. The fourth-order valence-electron chi connectivity index (χ4n) is 3.99. The van der Waals surface area contributed by atoms with E-state index in [0.717, 1.165) is 37.0 Å². The van der Waals surface area contributed by atoms with E-state index >= 15 is 0 Å². The fourth-order valence-corrected chi connectivity index (χ4v) is 4.15. The van der Waals surface area contributed by atoms with Crippen LogP contribution in [0.1, 0.15) is 37.5 Å². The van der Waals surface area contributed by atoms with Crippen LogP contribution >= 0.6 is 11.6 Å². The first kappa shape index (κ1) is 22.9. The predicted molar refractivity (Wildman–Crippen MR) is 126 cm³/mol. The minimum Gasteiger partial charge on any atom is -0.491 e. The van der Waals surface area contributed by atoms with Crippen molar-refractivity contribution in [2.24, 2.45) is 0 Å². The van der Waals surface area contributed by atoms with E-state index in [2.05, 4.69) is 62.6 Å². The summed E-state index contributed by atoms with van der Waals surface area (Å²) in [5.41, 5.74) is 4.86. The van der Waals surface area contributed by atoms with Gasteiger partial charge >= 0.3 is 0 Å². The van der Waals surface area contributed by atoms with Gasteiger partial charge < -0.3 is 14.7 Å². The van der Waals surface area contributed by atoms with E-state index in [1.165, 1.54) is 22.4 Å². The van der Waals surface area contributed by atoms with Gasteiger partial charge in [0, 0.05) is 43.4 Å². The van der Waals surface area contributed by atoms with Crippen molar-refractivity contribution >= 4 is 17.3 Å². The molecule has 0 bridgehead atoms. The number of aliphatic hydroxyl groups excluding tert-OH is 1. The Hall–Kier alpha value is -1.75. The number of nitrogens with zero attached hydrogens (tertiary/aromatic N) is 2. The van der Waals surface area contributed by atoms with Gasteiger partial charge in [-0.2, -0.15) is 0 Å². The Balaban J connectivity index is 1.51. The second-order valence-electron chi connectivity index (χ2n) is 9.43. The summed E-state index contributed by atoms with van der Waals surface area (Å²) in [6, 6.07) is 12.3. The number of benzene rings is 2. The Morgan fingerprint density at radius 3 is 2.40 bits per heavy atom. The van der Waals surface area contributed by atoms with Crippen molar-refractivity contribution in [2.75, 3.05) is 44.2 Å². The Labute approximate surface area is 186 Å². The number of aryl methyl sites for hydroxylation is 2. The molecular formula is C25H35ClN2O2. The first-order valence-electron chi connectivity index (χ1n) is 10.8. The molecule has 2 aromatic carbocycles. The second kappa shape index (κ2) is 9.59. The zero-order chi connectivity index (χ0) is 21.9. The van der Waals surface area contributed by atoms with E-state index in [4.69, 9.17) is 16.3 Å². The molecule has 1 aliphatic rings. The van der Waals surface area contributed by atoms with Crippen LogP contribution in [0, 0.1) is 13.8 Å². The zero-order valence-electron chi connectivity index (χ0n) is 18.9. The van der Waals surface area contributed by atoms with Gasteiger partial charge in [0.1, 0.15) is 18.5 Å². The van der Waals surface area contributed by atoms with Crippen LogP contribution in [0.25, 0.3) is 0 Å². The summed E-state index contributed by atoms with van der Waals surface area (Å²) in [4.78, 5) is 4.69. The lowest BCUT2D eigenvalue weighted by atomic mass is 9.85. The van der Waals surface area contributed by atoms with Crippen LogP contribution in [0.2, 0.25) is 5.02 Å². The van der Waals surface area contributed by atoms with E-state index < -0.39 is 6.10 Å². The first-order chi connectivity index (χ1) is 14.1. The molecule has 1 heterocycles. The molecule has 1 saturated heterocycles. The van der Waals surface area contributed by atoms with Crippen LogP contribution in [0.3, 0.4) is 0 Å². The average Bonchev–Trinajstić information content (AvgIpc) is 2.69. The lowest BCUT2D eigenvalue weighted by molar-refractivity contribution is 0.0656. The van der Waals surface area contributed by atoms with Crippen molar-refractivity contribution in [3.05, 3.63) is 58.1 Å². The van der Waals surface area contributed by atoms with E-state index in [9.17, 15) is 5.11 Å². The lowest BCUT2D eigenvalue weighted by Gasteiger charge is -2.37. The second-order valence-corrected chi connectivity index (χ2v) is 9.87. The number of halogens is 1. The number of β-amino-alcohol motifs (C(OH)–C–C–N with tert-alkyl or cyclic N) is 1. The Morgan fingerprint density at radius 1 is 1.03 bits per heavy atom. The average molecular weight is 431 g/mol. The van der Waals surface area contributed by atoms with Crippen molar-refractivity contribution in [3.8, 4) is 5.75 Å². The van der Waals surface area contributed by atoms with Crippen molar-refractivity contribution in [3.63, 3.8) is 0 Å². The number of anilines is 1. The smallest absolute Gasteiger partial charge is 0.123 e. The molecule has 0 spiro atoms. The molecule has 1 aliphatic heterocycles. The third-order valence-corrected chi connectivity index (χ3v) is 5.96. The number of hydrogen-bond donors (Lipinski definition) is 1. The van der Waals surface area contributed by atoms with Crippen LogP contribution < -0.4 is 9.64 Å². The fraction of sp³-hybridized carbons (Fsp3) is 0.520. The first-order valence-corrected chi connectivity index (χ1v) is 11.2. The number of hydrogen-bond acceptors (Lipinski definition) is 4. The van der Waals surface area contributed by atoms with E-state index in [0.29, 0.717) is 13.2 Å². The third-order valence-electron chi connectivity index (χ3n) is 5.73. The molecule has 0 aliphatic carbocycles. The molecule has 4 nitrogen and oxygen atoms in total. The molecule has 1 N–H and O–H groups in total. The van der Waals surface area contributed by atoms with Crippen molar-refractivity contribution in [2.45, 2.75) is 46.1 Å². The van der Waals surface area contributed by atoms with Crippen LogP contribution in [0.4, 0.5) is 5.69 Å². The van der Waals surface area contributed by atoms with Gasteiger partial charge in [-0.05, 0) is 48.6 Å². The highest BCUT2D eigenvalue weighted by Gasteiger charge is 2.22. The minimum absolute atomic E-state index is 0.00109. The molecular weight excluding hydrogens is 396 g/mol. The molecule has 1 atom stereocenters. The number of ether oxygens (including phenoxy) is 1. The molecule has 0 amide bonds. The van der Waals surface area contributed by atoms with E-state index in [1.807, 2.05) is 18.2 Å². The topological polar surface area (TPSA) is 35.9 Å². The minimum atomic E-state index is -0.515. The highest BCUT2D eigenvalue weighted by atomic mass is 35.5. The molecule has 0 aromatic heterocycles. The van der Waals surface area contributed by atoms with E-state index in [1.54, 1.807) is 0 Å². The Kier molecular flexibility index (Phi) is 7.33. The normalized spacial score (nSPS) is 16.6. The van der Waals surface area contributed by atoms with Gasteiger partial charge in [-0.15, -0.1) is 0 Å². The van der Waals surface area contributed by atoms with Crippen LogP contribution in [0.5, 0.6) is 5.75 Å². The van der Waals surface area contributed by atoms with Crippen molar-refractivity contribution in [1.29, 1.82) is 0 Å². The monoisotopic (exact) mass is 430 g/mol. The van der Waals surface area contributed by atoms with Crippen molar-refractivity contribution < 1.29 is 9.84 Å². The molecule has 3 rings (SSSR count). The zero-order valence-corrected chi connectivity index (χ0v) is 19.7. The Morgan fingerprint density at radius 2 is 1.73 bits per heavy atom. The maximum absolute atomic E-state index is 10.6. The van der Waals surface area contributed by atoms with Gasteiger partial charge in [0.05, 0.1) is 0 Å². The van der Waals surface area contributed by atoms with Gasteiger partial charge in [0.15, 0.2) is 0 Å². The lowest BCUT2D eigenvalue weighted by Crippen LogP contribution is -2.49. The van der Waals surface area contributed by atoms with Crippen LogP contribution in [-0.4, -0.2) is 55.4 Å².